The van der Waals surface area contributed by atoms with Crippen LogP contribution in [-0.4, -0.2) is 5.78 Å². The molecule has 6 heteroatoms. The van der Waals surface area contributed by atoms with Crippen molar-refractivity contribution < 1.29 is 26.8 Å². The van der Waals surface area contributed by atoms with E-state index in [2.05, 4.69) is 0 Å². The summed E-state index contributed by atoms with van der Waals surface area (Å²) in [5.74, 6) is -1.62. The molecule has 0 saturated heterocycles. The van der Waals surface area contributed by atoms with Gasteiger partial charge in [0.15, 0.2) is 5.78 Å². The van der Waals surface area contributed by atoms with E-state index >= 15 is 0 Å². The van der Waals surface area contributed by atoms with Gasteiger partial charge >= 0.3 is 6.18 Å². The van der Waals surface area contributed by atoms with Crippen molar-refractivity contribution in [3.8, 4) is 0 Å². The zero-order valence-corrected chi connectivity index (χ0v) is 10.4. The third-order valence-corrected chi connectivity index (χ3v) is 2.85. The molecule has 2 nitrogen and oxygen atoms in total. The van der Waals surface area contributed by atoms with Gasteiger partial charge in [-0.1, -0.05) is 13.0 Å². The Balaban J connectivity index is 2.40. The summed E-state index contributed by atoms with van der Waals surface area (Å²) in [5, 5.41) is 0. The van der Waals surface area contributed by atoms with E-state index in [4.69, 9.17) is 4.42 Å². The molecule has 1 aromatic heterocycles. The smallest absolute Gasteiger partial charge is 0.419 e. The summed E-state index contributed by atoms with van der Waals surface area (Å²) in [6, 6.07) is 3.53. The van der Waals surface area contributed by atoms with Gasteiger partial charge in [-0.05, 0) is 18.2 Å². The third-order valence-electron chi connectivity index (χ3n) is 2.85. The molecule has 0 spiro atoms. The van der Waals surface area contributed by atoms with Crippen molar-refractivity contribution >= 4 is 5.78 Å². The molecule has 0 aliphatic carbocycles. The van der Waals surface area contributed by atoms with E-state index in [1.54, 1.807) is 6.92 Å². The first-order valence-electron chi connectivity index (χ1n) is 5.82. The standard InChI is InChI=1S/C14H10F4O2/c1-2-12-9(5-6-20-12)13(19)8-3-4-10(11(15)7-8)14(16,17)18/h3-7H,2H2,1H3. The fraction of sp³-hybridized carbons (Fsp3) is 0.214. The Morgan fingerprint density at radius 3 is 2.50 bits per heavy atom. The lowest BCUT2D eigenvalue weighted by molar-refractivity contribution is -0.140. The first-order chi connectivity index (χ1) is 9.34. The number of aryl methyl sites for hydroxylation is 1. The van der Waals surface area contributed by atoms with Gasteiger partial charge in [0.25, 0.3) is 0 Å². The molecule has 0 N–H and O–H groups in total. The van der Waals surface area contributed by atoms with Gasteiger partial charge in [0.05, 0.1) is 17.4 Å². The lowest BCUT2D eigenvalue weighted by atomic mass is 10.0. The highest BCUT2D eigenvalue weighted by Gasteiger charge is 2.34. The van der Waals surface area contributed by atoms with E-state index < -0.39 is 23.3 Å². The van der Waals surface area contributed by atoms with Crippen molar-refractivity contribution in [2.75, 3.05) is 0 Å². The van der Waals surface area contributed by atoms with E-state index in [-0.39, 0.29) is 11.1 Å². The molecule has 0 saturated carbocycles. The van der Waals surface area contributed by atoms with Gasteiger partial charge in [0, 0.05) is 12.0 Å². The van der Waals surface area contributed by atoms with E-state index in [1.165, 1.54) is 12.3 Å². The van der Waals surface area contributed by atoms with Crippen LogP contribution in [0.3, 0.4) is 0 Å². The van der Waals surface area contributed by atoms with Crippen molar-refractivity contribution in [3.63, 3.8) is 0 Å². The molecule has 20 heavy (non-hydrogen) atoms. The Labute approximate surface area is 112 Å². The number of carbonyl (C=O) groups is 1. The Hall–Kier alpha value is -2.11. The van der Waals surface area contributed by atoms with Gasteiger partial charge in [-0.25, -0.2) is 4.39 Å². The summed E-state index contributed by atoms with van der Waals surface area (Å²) in [4.78, 5) is 12.1. The summed E-state index contributed by atoms with van der Waals surface area (Å²) < 4.78 is 55.8. The van der Waals surface area contributed by atoms with Crippen molar-refractivity contribution in [1.82, 2.24) is 0 Å². The fourth-order valence-corrected chi connectivity index (χ4v) is 1.86. The molecular formula is C14H10F4O2. The molecule has 1 aromatic carbocycles. The lowest BCUT2D eigenvalue weighted by Crippen LogP contribution is -2.10. The van der Waals surface area contributed by atoms with Crippen LogP contribution in [0.4, 0.5) is 17.6 Å². The zero-order chi connectivity index (χ0) is 14.9. The second-order valence-corrected chi connectivity index (χ2v) is 4.13. The third kappa shape index (κ3) is 2.59. The van der Waals surface area contributed by atoms with Crippen LogP contribution in [0, 0.1) is 5.82 Å². The Morgan fingerprint density at radius 1 is 1.25 bits per heavy atom. The number of halogens is 4. The Kier molecular flexibility index (Phi) is 3.65. The van der Waals surface area contributed by atoms with Gasteiger partial charge in [-0.2, -0.15) is 13.2 Å². The van der Waals surface area contributed by atoms with Gasteiger partial charge in [-0.15, -0.1) is 0 Å². The van der Waals surface area contributed by atoms with Gasteiger partial charge in [0.1, 0.15) is 11.6 Å². The molecule has 0 aliphatic heterocycles. The second-order valence-electron chi connectivity index (χ2n) is 4.13. The van der Waals surface area contributed by atoms with Gasteiger partial charge < -0.3 is 4.42 Å². The van der Waals surface area contributed by atoms with Crippen molar-refractivity contribution in [3.05, 3.63) is 58.8 Å². The van der Waals surface area contributed by atoms with E-state index in [0.29, 0.717) is 24.3 Å². The maximum Gasteiger partial charge on any atom is 0.419 e. The minimum Gasteiger partial charge on any atom is -0.469 e. The van der Waals surface area contributed by atoms with Crippen LogP contribution >= 0.6 is 0 Å². The second kappa shape index (κ2) is 5.11. The van der Waals surface area contributed by atoms with E-state index in [1.807, 2.05) is 0 Å². The molecule has 0 atom stereocenters. The summed E-state index contributed by atoms with van der Waals surface area (Å²) >= 11 is 0. The van der Waals surface area contributed by atoms with Crippen LogP contribution in [0.1, 0.15) is 34.2 Å². The van der Waals surface area contributed by atoms with Crippen LogP contribution in [-0.2, 0) is 12.6 Å². The molecule has 0 radical (unpaired) electrons. The number of rotatable bonds is 3. The van der Waals surface area contributed by atoms with Crippen LogP contribution in [0.5, 0.6) is 0 Å². The number of hydrogen-bond donors (Lipinski definition) is 0. The van der Waals surface area contributed by atoms with Crippen molar-refractivity contribution in [2.45, 2.75) is 19.5 Å². The van der Waals surface area contributed by atoms with Crippen molar-refractivity contribution in [1.29, 1.82) is 0 Å². The summed E-state index contributed by atoms with van der Waals surface area (Å²) in [6.45, 7) is 1.77. The van der Waals surface area contributed by atoms with Crippen molar-refractivity contribution in [2.24, 2.45) is 0 Å². The highest BCUT2D eigenvalue weighted by Crippen LogP contribution is 2.32. The van der Waals surface area contributed by atoms with Crippen LogP contribution in [0.2, 0.25) is 0 Å². The molecular weight excluding hydrogens is 276 g/mol. The maximum atomic E-state index is 13.4. The highest BCUT2D eigenvalue weighted by molar-refractivity contribution is 6.09. The summed E-state index contributed by atoms with van der Waals surface area (Å²) in [6.07, 6.45) is -3.01. The molecule has 0 amide bonds. The molecule has 0 fully saturated rings. The number of ketones is 1. The number of carbonyl (C=O) groups excluding carboxylic acids is 1. The summed E-state index contributed by atoms with van der Waals surface area (Å²) in [7, 11) is 0. The average Bonchev–Trinajstić information content (AvgIpc) is 2.84. The topological polar surface area (TPSA) is 30.2 Å². The normalized spacial score (nSPS) is 11.7. The highest BCUT2D eigenvalue weighted by atomic mass is 19.4. The number of furan rings is 1. The average molecular weight is 286 g/mol. The SMILES string of the molecule is CCc1occc1C(=O)c1ccc(C(F)(F)F)c(F)c1. The Bertz CT molecular complexity index is 641. The lowest BCUT2D eigenvalue weighted by Gasteiger charge is -2.09. The van der Waals surface area contributed by atoms with Gasteiger partial charge in [-0.3, -0.25) is 4.79 Å². The zero-order valence-electron chi connectivity index (χ0n) is 10.4. The first kappa shape index (κ1) is 14.3. The quantitative estimate of drug-likeness (QED) is 0.624. The minimum absolute atomic E-state index is 0.147. The maximum absolute atomic E-state index is 13.4. The number of hydrogen-bond acceptors (Lipinski definition) is 2. The Morgan fingerprint density at radius 2 is 1.95 bits per heavy atom. The van der Waals surface area contributed by atoms with Crippen LogP contribution in [0.15, 0.2) is 34.9 Å². The molecule has 106 valence electrons. The minimum atomic E-state index is -4.78. The summed E-state index contributed by atoms with van der Waals surface area (Å²) in [5.41, 5.74) is -1.31. The van der Waals surface area contributed by atoms with Crippen LogP contribution < -0.4 is 0 Å². The molecule has 2 rings (SSSR count). The first-order valence-corrected chi connectivity index (χ1v) is 5.82. The molecule has 0 aliphatic rings. The molecule has 2 aromatic rings. The van der Waals surface area contributed by atoms with E-state index in [0.717, 1.165) is 6.07 Å². The predicted octanol–water partition coefficient (Wildman–Crippen LogP) is 4.23. The largest absolute Gasteiger partial charge is 0.469 e. The molecule has 0 unspecified atom stereocenters. The number of alkyl halides is 3. The molecule has 1 heterocycles. The number of benzene rings is 1. The molecule has 0 bridgehead atoms. The van der Waals surface area contributed by atoms with Gasteiger partial charge in [0.2, 0.25) is 0 Å². The fourth-order valence-electron chi connectivity index (χ4n) is 1.86. The monoisotopic (exact) mass is 286 g/mol. The van der Waals surface area contributed by atoms with E-state index in [9.17, 15) is 22.4 Å². The predicted molar refractivity (Wildman–Crippen MR) is 62.9 cm³/mol. The van der Waals surface area contributed by atoms with Crippen LogP contribution in [0.25, 0.3) is 0 Å².